The number of allylic oxidation sites excluding steroid dienone is 4. The number of carbonyl (C=O) groups is 2. The number of fused-ring (bicyclic) bond motifs is 7. The smallest absolute Gasteiger partial charge is 0.192 e. The number of hydrogen-bond acceptors (Lipinski definition) is 6. The molecule has 0 radical (unpaired) electrons. The molecule has 6 heteroatoms. The molecule has 0 spiro atoms. The second kappa shape index (κ2) is 8.79. The molecule has 2 N–H and O–H groups in total. The van der Waals surface area contributed by atoms with Crippen LogP contribution >= 0.6 is 0 Å². The molecule has 0 aromatic carbocycles. The SMILES string of the molecule is C.C.CCCC1O[C@@H]2CC3C4CCC5=CC(=O)C=CC5(C)C4[C@@H](O)CC3[C@]2(C(=O)CO)O1. The largest absolute Gasteiger partial charge is 0.393 e. The van der Waals surface area contributed by atoms with Gasteiger partial charge in [-0.15, -0.1) is 0 Å². The summed E-state index contributed by atoms with van der Waals surface area (Å²) in [6.07, 6.45) is 8.50. The van der Waals surface area contributed by atoms with Gasteiger partial charge in [-0.1, -0.05) is 46.8 Å². The molecule has 3 saturated carbocycles. The van der Waals surface area contributed by atoms with Crippen LogP contribution in [0, 0.1) is 29.1 Å². The van der Waals surface area contributed by atoms with Crippen molar-refractivity contribution in [2.24, 2.45) is 29.1 Å². The van der Waals surface area contributed by atoms with Gasteiger partial charge in [-0.3, -0.25) is 9.59 Å². The van der Waals surface area contributed by atoms with Crippen LogP contribution in [0.15, 0.2) is 23.8 Å². The fourth-order valence-electron chi connectivity index (χ4n) is 7.58. The molecule has 1 aliphatic heterocycles. The maximum atomic E-state index is 13.0. The summed E-state index contributed by atoms with van der Waals surface area (Å²) in [7, 11) is 0. The Morgan fingerprint density at radius 1 is 1.25 bits per heavy atom. The third kappa shape index (κ3) is 3.29. The second-order valence-corrected chi connectivity index (χ2v) is 10.1. The normalized spacial score (nSPS) is 46.1. The van der Waals surface area contributed by atoms with Crippen molar-refractivity contribution in [2.45, 2.75) is 91.3 Å². The fraction of sp³-hybridized carbons (Fsp3) is 0.769. The number of ketones is 2. The Morgan fingerprint density at radius 3 is 2.69 bits per heavy atom. The molecule has 0 aromatic heterocycles. The van der Waals surface area contributed by atoms with E-state index in [9.17, 15) is 19.8 Å². The summed E-state index contributed by atoms with van der Waals surface area (Å²) in [4.78, 5) is 25.0. The molecular formula is C26H40O6. The Hall–Kier alpha value is -1.34. The minimum Gasteiger partial charge on any atom is -0.393 e. The zero-order valence-electron chi connectivity index (χ0n) is 17.8. The number of aliphatic hydroxyl groups is 2. The molecule has 0 amide bonds. The zero-order chi connectivity index (χ0) is 21.3. The number of rotatable bonds is 4. The molecule has 180 valence electrons. The monoisotopic (exact) mass is 448 g/mol. The summed E-state index contributed by atoms with van der Waals surface area (Å²) in [5.74, 6) is -0.000523. The Morgan fingerprint density at radius 2 is 2.00 bits per heavy atom. The molecule has 32 heavy (non-hydrogen) atoms. The van der Waals surface area contributed by atoms with Crippen LogP contribution in [0.1, 0.15) is 67.2 Å². The van der Waals surface area contributed by atoms with Crippen molar-refractivity contribution in [3.63, 3.8) is 0 Å². The molecule has 4 fully saturated rings. The van der Waals surface area contributed by atoms with Gasteiger partial charge < -0.3 is 19.7 Å². The first-order valence-electron chi connectivity index (χ1n) is 11.4. The van der Waals surface area contributed by atoms with Crippen molar-refractivity contribution in [1.82, 2.24) is 0 Å². The van der Waals surface area contributed by atoms with Gasteiger partial charge in [0.1, 0.15) is 6.61 Å². The van der Waals surface area contributed by atoms with Crippen molar-refractivity contribution < 1.29 is 29.3 Å². The summed E-state index contributed by atoms with van der Waals surface area (Å²) in [6, 6.07) is 0. The average Bonchev–Trinajstić information content (AvgIpc) is 3.22. The van der Waals surface area contributed by atoms with Crippen molar-refractivity contribution in [1.29, 1.82) is 0 Å². The van der Waals surface area contributed by atoms with E-state index in [0.29, 0.717) is 12.8 Å². The van der Waals surface area contributed by atoms with Gasteiger partial charge in [-0.25, -0.2) is 0 Å². The quantitative estimate of drug-likeness (QED) is 0.683. The van der Waals surface area contributed by atoms with Crippen LogP contribution in [-0.2, 0) is 19.1 Å². The molecule has 0 bridgehead atoms. The number of aliphatic hydroxyl groups excluding tert-OH is 2. The molecule has 5 aliphatic rings. The van der Waals surface area contributed by atoms with E-state index in [0.717, 1.165) is 31.3 Å². The van der Waals surface area contributed by atoms with E-state index in [-0.39, 0.29) is 61.6 Å². The summed E-state index contributed by atoms with van der Waals surface area (Å²) in [6.45, 7) is 3.62. The maximum absolute atomic E-state index is 13.0. The first kappa shape index (κ1) is 25.3. The fourth-order valence-corrected chi connectivity index (χ4v) is 7.58. The number of ether oxygens (including phenoxy) is 2. The van der Waals surface area contributed by atoms with Gasteiger partial charge in [0, 0.05) is 17.3 Å². The van der Waals surface area contributed by atoms with E-state index in [4.69, 9.17) is 9.47 Å². The lowest BCUT2D eigenvalue weighted by atomic mass is 9.49. The number of Topliss-reactive ketones (excluding diaryl/α,β-unsaturated/α-hetero) is 1. The Labute approximate surface area is 192 Å². The summed E-state index contributed by atoms with van der Waals surface area (Å²) < 4.78 is 12.5. The van der Waals surface area contributed by atoms with Gasteiger partial charge in [0.25, 0.3) is 0 Å². The van der Waals surface area contributed by atoms with E-state index in [1.165, 1.54) is 0 Å². The van der Waals surface area contributed by atoms with Crippen molar-refractivity contribution in [3.8, 4) is 0 Å². The predicted molar refractivity (Wildman–Crippen MR) is 122 cm³/mol. The van der Waals surface area contributed by atoms with Gasteiger partial charge in [-0.2, -0.15) is 0 Å². The molecule has 6 unspecified atom stereocenters. The van der Waals surface area contributed by atoms with Crippen molar-refractivity contribution in [3.05, 3.63) is 23.8 Å². The van der Waals surface area contributed by atoms with E-state index in [1.54, 1.807) is 12.2 Å². The predicted octanol–water partition coefficient (Wildman–Crippen LogP) is 3.60. The minimum atomic E-state index is -1.14. The van der Waals surface area contributed by atoms with E-state index in [2.05, 4.69) is 13.8 Å². The van der Waals surface area contributed by atoms with E-state index in [1.807, 2.05) is 6.08 Å². The highest BCUT2D eigenvalue weighted by atomic mass is 16.7. The average molecular weight is 449 g/mol. The molecule has 0 aromatic rings. The van der Waals surface area contributed by atoms with Crippen LogP contribution < -0.4 is 0 Å². The van der Waals surface area contributed by atoms with Crippen LogP contribution in [0.4, 0.5) is 0 Å². The second-order valence-electron chi connectivity index (χ2n) is 10.1. The molecule has 1 heterocycles. The minimum absolute atomic E-state index is 0. The van der Waals surface area contributed by atoms with Crippen LogP contribution in [0.2, 0.25) is 0 Å². The standard InChI is InChI=1S/C24H32O6.2CH4/c1-3-4-21-29-20-10-16-15-6-5-13-9-14(26)7-8-23(13,2)22(15)18(27)11-17(16)24(20,30-21)19(28)12-25;;/h7-9,15-18,20-22,25,27H,3-6,10-12H2,1-2H3;2*1H4/t15?,16?,17?,18-,20+,21?,22?,23?,24+;;/m0../s1. The van der Waals surface area contributed by atoms with Crippen molar-refractivity contribution in [2.75, 3.05) is 6.61 Å². The van der Waals surface area contributed by atoms with Crippen LogP contribution in [0.5, 0.6) is 0 Å². The summed E-state index contributed by atoms with van der Waals surface area (Å²) >= 11 is 0. The highest BCUT2D eigenvalue weighted by Crippen LogP contribution is 2.64. The van der Waals surface area contributed by atoms with Crippen LogP contribution in [0.3, 0.4) is 0 Å². The molecule has 1 saturated heterocycles. The first-order valence-corrected chi connectivity index (χ1v) is 11.4. The Kier molecular flexibility index (Phi) is 6.94. The maximum Gasteiger partial charge on any atom is 0.192 e. The van der Waals surface area contributed by atoms with Gasteiger partial charge in [0.2, 0.25) is 0 Å². The lowest BCUT2D eigenvalue weighted by molar-refractivity contribution is -0.174. The van der Waals surface area contributed by atoms with Crippen LogP contribution in [0.25, 0.3) is 0 Å². The number of carbonyl (C=O) groups excluding carboxylic acids is 2. The molecule has 5 rings (SSSR count). The third-order valence-electron chi connectivity index (χ3n) is 8.74. The highest BCUT2D eigenvalue weighted by Gasteiger charge is 2.70. The van der Waals surface area contributed by atoms with Gasteiger partial charge >= 0.3 is 0 Å². The Balaban J connectivity index is 0.00000144. The molecule has 4 aliphatic carbocycles. The van der Waals surface area contributed by atoms with Gasteiger partial charge in [-0.05, 0) is 56.1 Å². The van der Waals surface area contributed by atoms with Crippen LogP contribution in [-0.4, -0.2) is 52.5 Å². The Bertz CT molecular complexity index is 817. The zero-order valence-corrected chi connectivity index (χ0v) is 17.8. The van der Waals surface area contributed by atoms with Gasteiger partial charge in [0.15, 0.2) is 23.5 Å². The topological polar surface area (TPSA) is 93.1 Å². The number of hydrogen-bond donors (Lipinski definition) is 2. The van der Waals surface area contributed by atoms with Gasteiger partial charge in [0.05, 0.1) is 12.2 Å². The summed E-state index contributed by atoms with van der Waals surface area (Å²) in [5, 5.41) is 21.1. The van der Waals surface area contributed by atoms with E-state index < -0.39 is 24.6 Å². The lowest BCUT2D eigenvalue weighted by Gasteiger charge is -2.56. The molecule has 6 nitrogen and oxygen atoms in total. The van der Waals surface area contributed by atoms with Crippen molar-refractivity contribution >= 4 is 11.6 Å². The first-order chi connectivity index (χ1) is 14.3. The highest BCUT2D eigenvalue weighted by molar-refractivity contribution is 6.01. The summed E-state index contributed by atoms with van der Waals surface area (Å²) in [5.41, 5.74) is -0.358. The third-order valence-corrected chi connectivity index (χ3v) is 8.74. The lowest BCUT2D eigenvalue weighted by Crippen LogP contribution is -2.58. The molecule has 9 atom stereocenters. The van der Waals surface area contributed by atoms with E-state index >= 15 is 0 Å². The molecular weight excluding hydrogens is 408 g/mol.